The van der Waals surface area contributed by atoms with Gasteiger partial charge in [-0.3, -0.25) is 0 Å². The first-order chi connectivity index (χ1) is 9.44. The Kier molecular flexibility index (Phi) is 3.60. The zero-order valence-electron chi connectivity index (χ0n) is 12.1. The Hall–Kier alpha value is -0.570. The molecule has 0 radical (unpaired) electrons. The van der Waals surface area contributed by atoms with Crippen LogP contribution < -0.4 is 5.73 Å². The number of halogens is 1. The predicted octanol–water partition coefficient (Wildman–Crippen LogP) is 3.64. The van der Waals surface area contributed by atoms with E-state index in [1.54, 1.807) is 0 Å². The number of nitrogens with two attached hydrogens (primary N) is 1. The largest absolute Gasteiger partial charge is 0.390 e. The number of hydrogen-bond donors (Lipinski definition) is 2. The maximum Gasteiger partial charge on any atom is 0.0662 e. The van der Waals surface area contributed by atoms with Gasteiger partial charge in [0.05, 0.1) is 5.60 Å². The first kappa shape index (κ1) is 14.4. The van der Waals surface area contributed by atoms with Crippen LogP contribution in [0, 0.1) is 5.92 Å². The van der Waals surface area contributed by atoms with E-state index in [0.29, 0.717) is 12.3 Å². The summed E-state index contributed by atoms with van der Waals surface area (Å²) in [6.45, 7) is 1.96. The van der Waals surface area contributed by atoms with Crippen LogP contribution in [0.5, 0.6) is 0 Å². The molecule has 3 N–H and O–H groups in total. The van der Waals surface area contributed by atoms with E-state index in [9.17, 15) is 5.11 Å². The molecule has 3 heteroatoms. The molecule has 110 valence electrons. The van der Waals surface area contributed by atoms with Crippen LogP contribution in [0.2, 0.25) is 5.02 Å². The van der Waals surface area contributed by atoms with Gasteiger partial charge in [-0.2, -0.15) is 0 Å². The van der Waals surface area contributed by atoms with Gasteiger partial charge in [-0.05, 0) is 62.6 Å². The number of aliphatic hydroxyl groups is 1. The van der Waals surface area contributed by atoms with Crippen molar-refractivity contribution < 1.29 is 5.11 Å². The highest BCUT2D eigenvalue weighted by atomic mass is 35.5. The summed E-state index contributed by atoms with van der Waals surface area (Å²) in [7, 11) is 0. The van der Waals surface area contributed by atoms with Crippen LogP contribution in [0.1, 0.15) is 51.0 Å². The van der Waals surface area contributed by atoms with E-state index in [-0.39, 0.29) is 11.5 Å². The van der Waals surface area contributed by atoms with Crippen molar-refractivity contribution in [1.82, 2.24) is 0 Å². The van der Waals surface area contributed by atoms with E-state index in [1.165, 1.54) is 12.0 Å². The SMILES string of the molecule is CC(O)(CC(N)C1(c2ccc(Cl)cc2)CCC1)C1CC1. The highest BCUT2D eigenvalue weighted by Crippen LogP contribution is 2.50. The van der Waals surface area contributed by atoms with Crippen molar-refractivity contribution >= 4 is 11.6 Å². The number of benzene rings is 1. The van der Waals surface area contributed by atoms with Crippen molar-refractivity contribution in [2.24, 2.45) is 11.7 Å². The van der Waals surface area contributed by atoms with Crippen LogP contribution in [0.15, 0.2) is 24.3 Å². The van der Waals surface area contributed by atoms with Crippen LogP contribution in [0.4, 0.5) is 0 Å². The molecule has 0 amide bonds. The molecule has 2 nitrogen and oxygen atoms in total. The minimum Gasteiger partial charge on any atom is -0.390 e. The Bertz CT molecular complexity index is 474. The van der Waals surface area contributed by atoms with E-state index >= 15 is 0 Å². The van der Waals surface area contributed by atoms with Gasteiger partial charge in [-0.15, -0.1) is 0 Å². The van der Waals surface area contributed by atoms with E-state index < -0.39 is 5.60 Å². The summed E-state index contributed by atoms with van der Waals surface area (Å²) in [5, 5.41) is 11.4. The Morgan fingerprint density at radius 3 is 2.40 bits per heavy atom. The van der Waals surface area contributed by atoms with Crippen LogP contribution in [-0.4, -0.2) is 16.7 Å². The van der Waals surface area contributed by atoms with E-state index in [4.69, 9.17) is 17.3 Å². The summed E-state index contributed by atoms with van der Waals surface area (Å²) >= 11 is 5.99. The standard InChI is InChI=1S/C17H24ClNO/c1-16(20,12-3-4-12)11-15(19)17(9-2-10-17)13-5-7-14(18)8-6-13/h5-8,12,15,20H,2-4,9-11,19H2,1H3. The van der Waals surface area contributed by atoms with Crippen molar-refractivity contribution in [3.8, 4) is 0 Å². The maximum atomic E-state index is 10.6. The smallest absolute Gasteiger partial charge is 0.0662 e. The lowest BCUT2D eigenvalue weighted by Gasteiger charge is -2.48. The lowest BCUT2D eigenvalue weighted by Crippen LogP contribution is -2.53. The van der Waals surface area contributed by atoms with Crippen molar-refractivity contribution in [2.45, 2.75) is 62.5 Å². The summed E-state index contributed by atoms with van der Waals surface area (Å²) in [6, 6.07) is 8.12. The highest BCUT2D eigenvalue weighted by molar-refractivity contribution is 6.30. The van der Waals surface area contributed by atoms with Crippen LogP contribution in [-0.2, 0) is 5.41 Å². The molecule has 0 spiro atoms. The monoisotopic (exact) mass is 293 g/mol. The van der Waals surface area contributed by atoms with Gasteiger partial charge >= 0.3 is 0 Å². The van der Waals surface area contributed by atoms with Gasteiger partial charge in [0.2, 0.25) is 0 Å². The summed E-state index contributed by atoms with van der Waals surface area (Å²) in [4.78, 5) is 0. The minimum absolute atomic E-state index is 0.0213. The van der Waals surface area contributed by atoms with Crippen molar-refractivity contribution in [1.29, 1.82) is 0 Å². The molecule has 2 fully saturated rings. The van der Waals surface area contributed by atoms with Crippen LogP contribution in [0.3, 0.4) is 0 Å². The van der Waals surface area contributed by atoms with E-state index in [1.807, 2.05) is 19.1 Å². The van der Waals surface area contributed by atoms with Gasteiger partial charge in [0.25, 0.3) is 0 Å². The minimum atomic E-state index is -0.603. The molecule has 0 heterocycles. The second kappa shape index (κ2) is 5.01. The third-order valence-corrected chi connectivity index (χ3v) is 5.72. The van der Waals surface area contributed by atoms with Crippen molar-refractivity contribution in [2.75, 3.05) is 0 Å². The molecule has 0 aliphatic heterocycles. The van der Waals surface area contributed by atoms with Crippen molar-refractivity contribution in [3.63, 3.8) is 0 Å². The molecule has 0 aromatic heterocycles. The number of hydrogen-bond acceptors (Lipinski definition) is 2. The fraction of sp³-hybridized carbons (Fsp3) is 0.647. The summed E-state index contributed by atoms with van der Waals surface area (Å²) in [6.07, 6.45) is 6.45. The molecule has 20 heavy (non-hydrogen) atoms. The van der Waals surface area contributed by atoms with Gasteiger partial charge in [-0.1, -0.05) is 30.2 Å². The van der Waals surface area contributed by atoms with Gasteiger partial charge in [-0.25, -0.2) is 0 Å². The first-order valence-electron chi connectivity index (χ1n) is 7.68. The Morgan fingerprint density at radius 2 is 1.95 bits per heavy atom. The number of rotatable bonds is 5. The second-order valence-corrected chi connectivity index (χ2v) is 7.40. The molecule has 3 rings (SSSR count). The molecule has 2 atom stereocenters. The average molecular weight is 294 g/mol. The normalized spacial score (nSPS) is 25.6. The molecular formula is C17H24ClNO. The topological polar surface area (TPSA) is 46.2 Å². The molecule has 0 saturated heterocycles. The van der Waals surface area contributed by atoms with Crippen LogP contribution in [0.25, 0.3) is 0 Å². The highest BCUT2D eigenvalue weighted by Gasteiger charge is 2.48. The van der Waals surface area contributed by atoms with Gasteiger partial charge in [0.1, 0.15) is 0 Å². The maximum absolute atomic E-state index is 10.6. The third kappa shape index (κ3) is 2.49. The lowest BCUT2D eigenvalue weighted by atomic mass is 9.58. The third-order valence-electron chi connectivity index (χ3n) is 5.46. The van der Waals surface area contributed by atoms with Crippen molar-refractivity contribution in [3.05, 3.63) is 34.9 Å². The molecule has 2 unspecified atom stereocenters. The first-order valence-corrected chi connectivity index (χ1v) is 8.06. The van der Waals surface area contributed by atoms with E-state index in [2.05, 4.69) is 12.1 Å². The molecule has 0 bridgehead atoms. The Morgan fingerprint density at radius 1 is 1.35 bits per heavy atom. The van der Waals surface area contributed by atoms with Crippen LogP contribution >= 0.6 is 11.6 Å². The fourth-order valence-corrected chi connectivity index (χ4v) is 3.85. The molecule has 2 aliphatic carbocycles. The summed E-state index contributed by atoms with van der Waals surface area (Å²) < 4.78 is 0. The van der Waals surface area contributed by atoms with Gasteiger partial charge in [0, 0.05) is 16.5 Å². The Balaban J connectivity index is 1.79. The fourth-order valence-electron chi connectivity index (χ4n) is 3.73. The van der Waals surface area contributed by atoms with Gasteiger partial charge in [0.15, 0.2) is 0 Å². The quantitative estimate of drug-likeness (QED) is 0.870. The second-order valence-electron chi connectivity index (χ2n) is 6.96. The predicted molar refractivity (Wildman–Crippen MR) is 82.9 cm³/mol. The molecule has 1 aromatic carbocycles. The molecule has 2 aliphatic rings. The van der Waals surface area contributed by atoms with E-state index in [0.717, 1.165) is 30.7 Å². The van der Waals surface area contributed by atoms with Gasteiger partial charge < -0.3 is 10.8 Å². The summed E-state index contributed by atoms with van der Waals surface area (Å²) in [5.41, 5.74) is 7.27. The summed E-state index contributed by atoms with van der Waals surface area (Å²) in [5.74, 6) is 0.455. The lowest BCUT2D eigenvalue weighted by molar-refractivity contribution is 0.00525. The Labute approximate surface area is 126 Å². The zero-order valence-corrected chi connectivity index (χ0v) is 12.9. The average Bonchev–Trinajstić information content (AvgIpc) is 3.13. The molecule has 1 aromatic rings. The molecular weight excluding hydrogens is 270 g/mol. The zero-order chi connectivity index (χ0) is 14.4. The molecule has 2 saturated carbocycles.